The van der Waals surface area contributed by atoms with Gasteiger partial charge in [-0.25, -0.2) is 14.5 Å². The van der Waals surface area contributed by atoms with Crippen molar-refractivity contribution in [3.05, 3.63) is 52.0 Å². The summed E-state index contributed by atoms with van der Waals surface area (Å²) in [7, 11) is 3.16. The van der Waals surface area contributed by atoms with Gasteiger partial charge in [0.05, 0.1) is 19.7 Å². The maximum Gasteiger partial charge on any atom is 0.221 e. The molecule has 0 saturated heterocycles. The number of halogens is 1. The monoisotopic (exact) mass is 402 g/mol. The van der Waals surface area contributed by atoms with Gasteiger partial charge in [0, 0.05) is 16.5 Å². The number of H-pyrrole nitrogens is 1. The van der Waals surface area contributed by atoms with Gasteiger partial charge in [0.2, 0.25) is 4.77 Å². The number of ether oxygens (including phenoxy) is 3. The Morgan fingerprint density at radius 3 is 2.48 bits per heavy atom. The minimum atomic E-state index is 0.243. The molecule has 0 aliphatic rings. The molecule has 1 N–H and O–H groups in total. The van der Waals surface area contributed by atoms with Crippen molar-refractivity contribution in [1.29, 1.82) is 0 Å². The summed E-state index contributed by atoms with van der Waals surface area (Å²) in [4.78, 5) is 9.06. The summed E-state index contributed by atoms with van der Waals surface area (Å²) in [5.74, 6) is 2.48. The first-order valence-corrected chi connectivity index (χ1v) is 8.79. The zero-order valence-electron chi connectivity index (χ0n) is 14.5. The normalized spacial score (nSPS) is 11.1. The van der Waals surface area contributed by atoms with Gasteiger partial charge in [-0.05, 0) is 42.5 Å². The number of aromatic nitrogens is 4. The molecule has 0 radical (unpaired) electrons. The first kappa shape index (κ1) is 17.6. The Kier molecular flexibility index (Phi) is 4.59. The van der Waals surface area contributed by atoms with Gasteiger partial charge in [0.15, 0.2) is 23.0 Å². The van der Waals surface area contributed by atoms with Crippen molar-refractivity contribution >= 4 is 40.4 Å². The van der Waals surface area contributed by atoms with Gasteiger partial charge < -0.3 is 14.2 Å². The molecule has 0 atom stereocenters. The number of methoxy groups -OCH3 is 2. The van der Waals surface area contributed by atoms with E-state index in [0.717, 1.165) is 5.39 Å². The molecule has 0 amide bonds. The number of hydrogen-bond acceptors (Lipinski definition) is 6. The highest BCUT2D eigenvalue weighted by atomic mass is 35.5. The van der Waals surface area contributed by atoms with E-state index >= 15 is 0 Å². The lowest BCUT2D eigenvalue weighted by Crippen LogP contribution is -1.99. The molecule has 2 aromatic heterocycles. The number of benzene rings is 2. The summed E-state index contributed by atoms with van der Waals surface area (Å²) < 4.78 is 18.5. The van der Waals surface area contributed by atoms with E-state index in [1.807, 2.05) is 6.07 Å². The summed E-state index contributed by atoms with van der Waals surface area (Å²) in [6, 6.07) is 10.7. The van der Waals surface area contributed by atoms with Gasteiger partial charge in [0.25, 0.3) is 0 Å². The Balaban J connectivity index is 1.76. The predicted octanol–water partition coefficient (Wildman–Crippen LogP) is 4.19. The van der Waals surface area contributed by atoms with Crippen molar-refractivity contribution in [2.24, 2.45) is 0 Å². The fourth-order valence-electron chi connectivity index (χ4n) is 2.74. The van der Waals surface area contributed by atoms with Crippen molar-refractivity contribution in [2.45, 2.75) is 6.61 Å². The van der Waals surface area contributed by atoms with Crippen LogP contribution in [0.5, 0.6) is 17.2 Å². The lowest BCUT2D eigenvalue weighted by atomic mass is 10.2. The number of nitrogens with one attached hydrogen (secondary N) is 1. The van der Waals surface area contributed by atoms with Gasteiger partial charge in [-0.3, -0.25) is 5.10 Å². The molecule has 0 aliphatic heterocycles. The van der Waals surface area contributed by atoms with Crippen molar-refractivity contribution < 1.29 is 14.2 Å². The quantitative estimate of drug-likeness (QED) is 0.504. The highest BCUT2D eigenvalue weighted by molar-refractivity contribution is 7.71. The predicted molar refractivity (Wildman–Crippen MR) is 105 cm³/mol. The smallest absolute Gasteiger partial charge is 0.221 e. The van der Waals surface area contributed by atoms with Gasteiger partial charge in [-0.2, -0.15) is 0 Å². The molecule has 0 saturated carbocycles. The van der Waals surface area contributed by atoms with Crippen LogP contribution in [0.3, 0.4) is 0 Å². The van der Waals surface area contributed by atoms with Crippen LogP contribution in [0.1, 0.15) is 5.82 Å². The molecule has 4 aromatic rings. The van der Waals surface area contributed by atoms with Gasteiger partial charge >= 0.3 is 0 Å². The molecular weight excluding hydrogens is 388 g/mol. The molecule has 0 spiro atoms. The molecule has 7 nitrogen and oxygen atoms in total. The summed E-state index contributed by atoms with van der Waals surface area (Å²) in [6.45, 7) is 0.243. The minimum Gasteiger partial charge on any atom is -0.493 e. The van der Waals surface area contributed by atoms with E-state index in [1.54, 1.807) is 49.1 Å². The summed E-state index contributed by atoms with van der Waals surface area (Å²) in [5.41, 5.74) is 1.31. The zero-order chi connectivity index (χ0) is 19.0. The van der Waals surface area contributed by atoms with E-state index in [4.69, 9.17) is 38.0 Å². The SMILES string of the molecule is COc1cc2nc(=S)n3[nH]c(COc4ccc(Cl)cc4)nc3c2cc1OC. The van der Waals surface area contributed by atoms with Crippen molar-refractivity contribution in [1.82, 2.24) is 19.6 Å². The van der Waals surface area contributed by atoms with E-state index < -0.39 is 0 Å². The van der Waals surface area contributed by atoms with Gasteiger partial charge in [0.1, 0.15) is 12.4 Å². The lowest BCUT2D eigenvalue weighted by molar-refractivity contribution is 0.296. The lowest BCUT2D eigenvalue weighted by Gasteiger charge is -2.08. The first-order valence-electron chi connectivity index (χ1n) is 8.01. The zero-order valence-corrected chi connectivity index (χ0v) is 16.1. The third kappa shape index (κ3) is 3.29. The third-order valence-electron chi connectivity index (χ3n) is 4.03. The maximum absolute atomic E-state index is 5.89. The number of hydrogen-bond donors (Lipinski definition) is 1. The average molecular weight is 403 g/mol. The van der Waals surface area contributed by atoms with E-state index in [2.05, 4.69) is 15.1 Å². The molecule has 9 heteroatoms. The highest BCUT2D eigenvalue weighted by Crippen LogP contribution is 2.32. The average Bonchev–Trinajstić information content (AvgIpc) is 3.12. The molecule has 2 aromatic carbocycles. The highest BCUT2D eigenvalue weighted by Gasteiger charge is 2.14. The standard InChI is InChI=1S/C18H15ClN4O3S/c1-24-14-7-12-13(8-15(14)25-2)20-18(27)23-17(12)21-16(22-23)9-26-11-5-3-10(19)4-6-11/h3-8H,9H2,1-2H3,(H,21,22). The van der Waals surface area contributed by atoms with Crippen molar-refractivity contribution in [3.63, 3.8) is 0 Å². The minimum absolute atomic E-state index is 0.243. The molecule has 2 heterocycles. The van der Waals surface area contributed by atoms with Crippen molar-refractivity contribution in [2.75, 3.05) is 14.2 Å². The van der Waals surface area contributed by atoms with E-state index in [9.17, 15) is 0 Å². The van der Waals surface area contributed by atoms with Crippen LogP contribution >= 0.6 is 23.8 Å². The van der Waals surface area contributed by atoms with Gasteiger partial charge in [-0.15, -0.1) is 0 Å². The first-order chi connectivity index (χ1) is 13.1. The summed E-state index contributed by atoms with van der Waals surface area (Å²) >= 11 is 11.3. The van der Waals surface area contributed by atoms with Crippen LogP contribution in [-0.4, -0.2) is 33.8 Å². The van der Waals surface area contributed by atoms with E-state index in [0.29, 0.717) is 44.0 Å². The van der Waals surface area contributed by atoms with Crippen LogP contribution in [-0.2, 0) is 6.61 Å². The van der Waals surface area contributed by atoms with Crippen molar-refractivity contribution in [3.8, 4) is 17.2 Å². The topological polar surface area (TPSA) is 73.7 Å². The Bertz CT molecular complexity index is 1190. The van der Waals surface area contributed by atoms with Crippen LogP contribution in [0.2, 0.25) is 5.02 Å². The molecule has 0 aliphatic carbocycles. The molecule has 4 rings (SSSR count). The molecule has 27 heavy (non-hydrogen) atoms. The van der Waals surface area contributed by atoms with E-state index in [1.165, 1.54) is 0 Å². The van der Waals surface area contributed by atoms with Crippen LogP contribution in [0.25, 0.3) is 16.6 Å². The molecule has 138 valence electrons. The molecule has 0 fully saturated rings. The molecule has 0 unspecified atom stereocenters. The Morgan fingerprint density at radius 1 is 1.07 bits per heavy atom. The Morgan fingerprint density at radius 2 is 1.78 bits per heavy atom. The second-order valence-electron chi connectivity index (χ2n) is 5.69. The van der Waals surface area contributed by atoms with E-state index in [-0.39, 0.29) is 6.61 Å². The summed E-state index contributed by atoms with van der Waals surface area (Å²) in [6.07, 6.45) is 0. The van der Waals surface area contributed by atoms with Gasteiger partial charge in [-0.1, -0.05) is 11.6 Å². The molecule has 0 bridgehead atoms. The maximum atomic E-state index is 5.89. The van der Waals surface area contributed by atoms with Crippen LogP contribution in [0, 0.1) is 4.77 Å². The summed E-state index contributed by atoms with van der Waals surface area (Å²) in [5, 5.41) is 4.56. The third-order valence-corrected chi connectivity index (χ3v) is 4.56. The number of fused-ring (bicyclic) bond motifs is 3. The second kappa shape index (κ2) is 7.05. The number of aromatic amines is 1. The second-order valence-corrected chi connectivity index (χ2v) is 6.49. The fraction of sp³-hybridized carbons (Fsp3) is 0.167. The Labute approximate surface area is 164 Å². The molecular formula is C18H15ClN4O3S. The number of rotatable bonds is 5. The van der Waals surface area contributed by atoms with Crippen LogP contribution in [0.4, 0.5) is 0 Å². The number of nitrogens with zero attached hydrogens (tertiary/aromatic N) is 3. The van der Waals surface area contributed by atoms with Crippen LogP contribution < -0.4 is 14.2 Å². The fourth-order valence-corrected chi connectivity index (χ4v) is 3.10. The van der Waals surface area contributed by atoms with Crippen LogP contribution in [0.15, 0.2) is 36.4 Å². The largest absolute Gasteiger partial charge is 0.493 e. The Hall–Kier alpha value is -2.84.